The smallest absolute Gasteiger partial charge is 0.224 e. The zero-order chi connectivity index (χ0) is 13.1. The first kappa shape index (κ1) is 13.8. The van der Waals surface area contributed by atoms with Crippen molar-refractivity contribution in [1.29, 1.82) is 0 Å². The number of hydrogen-bond donors (Lipinski definition) is 2. The molecule has 17 heavy (non-hydrogen) atoms. The summed E-state index contributed by atoms with van der Waals surface area (Å²) < 4.78 is 0. The number of nitrogens with zero attached hydrogens (tertiary/aromatic N) is 2. The largest absolute Gasteiger partial charge is 0.370 e. The average molecular weight is 240 g/mol. The summed E-state index contributed by atoms with van der Waals surface area (Å²) in [5, 5.41) is 0. The number of carbonyl (C=O) groups excluding carboxylic acids is 1. The highest BCUT2D eigenvalue weighted by atomic mass is 16.1. The highest BCUT2D eigenvalue weighted by Crippen LogP contribution is 2.17. The van der Waals surface area contributed by atoms with Gasteiger partial charge in [-0.05, 0) is 32.6 Å². The fraction of sp³-hybridized carbons (Fsp3) is 0.833. The molecular weight excluding hydrogens is 216 g/mol. The Hall–Kier alpha value is -1.26. The summed E-state index contributed by atoms with van der Waals surface area (Å²) in [4.78, 5) is 17.5. The third-order valence-electron chi connectivity index (χ3n) is 3.41. The van der Waals surface area contributed by atoms with Crippen molar-refractivity contribution in [3.05, 3.63) is 0 Å². The Kier molecular flexibility index (Phi) is 4.37. The maximum absolute atomic E-state index is 11.2. The van der Waals surface area contributed by atoms with Crippen LogP contribution in [-0.4, -0.2) is 36.4 Å². The Balaban J connectivity index is 2.52. The highest BCUT2D eigenvalue weighted by Gasteiger charge is 2.25. The van der Waals surface area contributed by atoms with E-state index in [0.717, 1.165) is 31.8 Å². The van der Waals surface area contributed by atoms with Gasteiger partial charge >= 0.3 is 0 Å². The molecule has 5 nitrogen and oxygen atoms in total. The summed E-state index contributed by atoms with van der Waals surface area (Å²) in [5.41, 5.74) is 10.6. The van der Waals surface area contributed by atoms with E-state index in [4.69, 9.17) is 11.5 Å². The van der Waals surface area contributed by atoms with E-state index in [9.17, 15) is 4.79 Å². The maximum atomic E-state index is 11.2. The van der Waals surface area contributed by atoms with Crippen LogP contribution in [0, 0.1) is 11.3 Å². The summed E-state index contributed by atoms with van der Waals surface area (Å²) in [6.07, 6.45) is 2.30. The second kappa shape index (κ2) is 5.38. The van der Waals surface area contributed by atoms with Crippen LogP contribution in [-0.2, 0) is 4.79 Å². The quantitative estimate of drug-likeness (QED) is 0.558. The van der Waals surface area contributed by atoms with Crippen molar-refractivity contribution >= 4 is 11.9 Å². The van der Waals surface area contributed by atoms with Gasteiger partial charge in [-0.1, -0.05) is 6.92 Å². The lowest BCUT2D eigenvalue weighted by molar-refractivity contribution is -0.125. The normalized spacial score (nSPS) is 19.5. The van der Waals surface area contributed by atoms with Crippen molar-refractivity contribution < 1.29 is 4.79 Å². The number of amides is 1. The molecule has 0 atom stereocenters. The molecular formula is C12H24N4O. The molecule has 1 heterocycles. The van der Waals surface area contributed by atoms with E-state index in [0.29, 0.717) is 12.5 Å². The zero-order valence-corrected chi connectivity index (χ0v) is 11.1. The molecule has 5 heteroatoms. The number of likely N-dealkylation sites (tertiary alicyclic amines) is 1. The van der Waals surface area contributed by atoms with Crippen LogP contribution < -0.4 is 11.5 Å². The number of nitrogens with two attached hydrogens (primary N) is 2. The zero-order valence-electron chi connectivity index (χ0n) is 11.1. The molecule has 1 rings (SSSR count). The van der Waals surface area contributed by atoms with Crippen LogP contribution in [0.3, 0.4) is 0 Å². The van der Waals surface area contributed by atoms with Crippen LogP contribution in [0.2, 0.25) is 0 Å². The van der Waals surface area contributed by atoms with Gasteiger partial charge in [-0.2, -0.15) is 0 Å². The van der Waals surface area contributed by atoms with Crippen molar-refractivity contribution in [2.24, 2.45) is 27.8 Å². The second-order valence-electron chi connectivity index (χ2n) is 5.59. The molecule has 1 aliphatic heterocycles. The SMILES string of the molecule is CC1CCN(C(N)=NCC(C)(C)C(N)=O)CC1. The molecule has 0 radical (unpaired) electrons. The molecule has 0 aromatic rings. The van der Waals surface area contributed by atoms with E-state index in [-0.39, 0.29) is 5.91 Å². The van der Waals surface area contributed by atoms with Gasteiger partial charge in [0, 0.05) is 13.1 Å². The van der Waals surface area contributed by atoms with Gasteiger partial charge in [-0.3, -0.25) is 9.79 Å². The molecule has 0 aromatic carbocycles. The molecule has 1 fully saturated rings. The highest BCUT2D eigenvalue weighted by molar-refractivity contribution is 5.82. The molecule has 0 unspecified atom stereocenters. The summed E-state index contributed by atoms with van der Waals surface area (Å²) >= 11 is 0. The van der Waals surface area contributed by atoms with Crippen molar-refractivity contribution in [2.75, 3.05) is 19.6 Å². The Morgan fingerprint density at radius 2 is 1.88 bits per heavy atom. The molecule has 0 aromatic heterocycles. The summed E-state index contributed by atoms with van der Waals surface area (Å²) in [5.74, 6) is 0.952. The lowest BCUT2D eigenvalue weighted by Crippen LogP contribution is -2.43. The number of hydrogen-bond acceptors (Lipinski definition) is 2. The number of primary amides is 1. The summed E-state index contributed by atoms with van der Waals surface area (Å²) in [6.45, 7) is 8.07. The van der Waals surface area contributed by atoms with E-state index >= 15 is 0 Å². The lowest BCUT2D eigenvalue weighted by Gasteiger charge is -2.31. The van der Waals surface area contributed by atoms with Crippen molar-refractivity contribution in [3.8, 4) is 0 Å². The third-order valence-corrected chi connectivity index (χ3v) is 3.41. The van der Waals surface area contributed by atoms with E-state index in [1.54, 1.807) is 13.8 Å². The lowest BCUT2D eigenvalue weighted by atomic mass is 9.93. The van der Waals surface area contributed by atoms with E-state index in [1.165, 1.54) is 0 Å². The molecule has 0 bridgehead atoms. The topological polar surface area (TPSA) is 84.7 Å². The van der Waals surface area contributed by atoms with Crippen LogP contribution in [0.1, 0.15) is 33.6 Å². The molecule has 0 aliphatic carbocycles. The molecule has 1 saturated heterocycles. The first-order chi connectivity index (χ1) is 7.83. The minimum Gasteiger partial charge on any atom is -0.370 e. The Morgan fingerprint density at radius 1 is 1.35 bits per heavy atom. The maximum Gasteiger partial charge on any atom is 0.224 e. The van der Waals surface area contributed by atoms with Crippen molar-refractivity contribution in [2.45, 2.75) is 33.6 Å². The van der Waals surface area contributed by atoms with E-state index < -0.39 is 5.41 Å². The molecule has 0 saturated carbocycles. The van der Waals surface area contributed by atoms with Crippen LogP contribution in [0.25, 0.3) is 0 Å². The van der Waals surface area contributed by atoms with Gasteiger partial charge in [0.1, 0.15) is 0 Å². The average Bonchev–Trinajstić information content (AvgIpc) is 2.27. The standard InChI is InChI=1S/C12H24N4O/c1-9-4-6-16(7-5-9)11(14)15-8-12(2,3)10(13)17/h9H,4-8H2,1-3H3,(H2,13,17)(H2,14,15). The van der Waals surface area contributed by atoms with Crippen LogP contribution in [0.15, 0.2) is 4.99 Å². The number of rotatable bonds is 3. The summed E-state index contributed by atoms with van der Waals surface area (Å²) in [6, 6.07) is 0. The first-order valence-electron chi connectivity index (χ1n) is 6.17. The Morgan fingerprint density at radius 3 is 2.35 bits per heavy atom. The minimum atomic E-state index is -0.631. The Labute approximate surface area is 103 Å². The summed E-state index contributed by atoms with van der Waals surface area (Å²) in [7, 11) is 0. The number of carbonyl (C=O) groups is 1. The van der Waals surface area contributed by atoms with Crippen molar-refractivity contribution in [1.82, 2.24) is 4.90 Å². The van der Waals surface area contributed by atoms with Gasteiger partial charge in [-0.15, -0.1) is 0 Å². The first-order valence-corrected chi connectivity index (χ1v) is 6.17. The third kappa shape index (κ3) is 3.91. The minimum absolute atomic E-state index is 0.346. The fourth-order valence-corrected chi connectivity index (χ4v) is 1.69. The van der Waals surface area contributed by atoms with E-state index in [2.05, 4.69) is 16.8 Å². The van der Waals surface area contributed by atoms with Crippen LogP contribution in [0.4, 0.5) is 0 Å². The predicted octanol–water partition coefficient (Wildman–Crippen LogP) is 0.545. The van der Waals surface area contributed by atoms with Crippen LogP contribution in [0.5, 0.6) is 0 Å². The monoisotopic (exact) mass is 240 g/mol. The number of piperidine rings is 1. The molecule has 98 valence electrons. The predicted molar refractivity (Wildman–Crippen MR) is 69.4 cm³/mol. The van der Waals surface area contributed by atoms with Gasteiger partial charge in [-0.25, -0.2) is 0 Å². The Bertz CT molecular complexity index is 304. The molecule has 4 N–H and O–H groups in total. The molecule has 1 aliphatic rings. The van der Waals surface area contributed by atoms with Gasteiger partial charge in [0.25, 0.3) is 0 Å². The fourth-order valence-electron chi connectivity index (χ4n) is 1.69. The van der Waals surface area contributed by atoms with Gasteiger partial charge in [0.05, 0.1) is 12.0 Å². The van der Waals surface area contributed by atoms with Gasteiger partial charge in [0.2, 0.25) is 5.91 Å². The molecule has 0 spiro atoms. The number of aliphatic imine (C=N–C) groups is 1. The van der Waals surface area contributed by atoms with E-state index in [1.807, 2.05) is 0 Å². The van der Waals surface area contributed by atoms with Gasteiger partial charge < -0.3 is 16.4 Å². The number of guanidine groups is 1. The van der Waals surface area contributed by atoms with Crippen molar-refractivity contribution in [3.63, 3.8) is 0 Å². The second-order valence-corrected chi connectivity index (χ2v) is 5.59. The van der Waals surface area contributed by atoms with Crippen LogP contribution >= 0.6 is 0 Å². The van der Waals surface area contributed by atoms with Gasteiger partial charge in [0.15, 0.2) is 5.96 Å². The molecule has 1 amide bonds.